The minimum atomic E-state index is 0.436. The third kappa shape index (κ3) is 37.2. The van der Waals surface area contributed by atoms with Crippen molar-refractivity contribution in [2.75, 3.05) is 14.2 Å². The predicted molar refractivity (Wildman–Crippen MR) is 399 cm³/mol. The van der Waals surface area contributed by atoms with Crippen LogP contribution in [-0.2, 0) is 7.05 Å². The van der Waals surface area contributed by atoms with Crippen molar-refractivity contribution in [3.05, 3.63) is 251 Å². The lowest BCUT2D eigenvalue weighted by Crippen LogP contribution is -1.95. The van der Waals surface area contributed by atoms with Gasteiger partial charge in [-0.1, -0.05) is 163 Å². The number of nitrogens with one attached hydrogen (secondary N) is 1. The highest BCUT2D eigenvalue weighted by Gasteiger charge is 2.07. The standard InChI is InChI=1S/2C9H13NO.2C9H13N.C8H12N2.2C8H11N.C7H12N2.C7H10N2.C6H10N2/c1-7(2)8-5-4-6-10-9(8)11-3;1-7(2)8-5-4-6-9(10-8)11-3;1-7(2)9-4-5-10-6-8(9)3;1-7(2)9-5-4-8(3)10-6-9;1-6(2)8-5-9-7(3)4-10-8;1-7(2)8-3-5-9-6-4-8;1-7(2)8-4-3-5-9-6-8;1-6(2)7-4-5-9(3)8-7;1-6(2)7-8-4-3-5-9-7;1-5(2)6-3-4-7-8-6/h2*4-7H,1-3H3;2*4-7H,1-3H3;4-6H,1-3H3;2*3-7H,1-2H3;4-6H,1-3H3;3-6H,1-2H3;3-5H,1-2H3,(H,7,8). The summed E-state index contributed by atoms with van der Waals surface area (Å²) in [5.74, 6) is 7.73. The quantitative estimate of drug-likeness (QED) is 0.121. The number of nitrogens with zero attached hydrogens (tertiary/aromatic N) is 13. The second-order valence-corrected chi connectivity index (χ2v) is 25.9. The van der Waals surface area contributed by atoms with Gasteiger partial charge in [-0.2, -0.15) is 10.2 Å². The Balaban J connectivity index is 0.000000534. The molecular formula is C80H118N14O2. The summed E-state index contributed by atoms with van der Waals surface area (Å²) < 4.78 is 11.9. The molecule has 16 nitrogen and oxygen atoms in total. The molecule has 16 heteroatoms. The van der Waals surface area contributed by atoms with Crippen LogP contribution in [0.3, 0.4) is 0 Å². The summed E-state index contributed by atoms with van der Waals surface area (Å²) in [6.45, 7) is 48.9. The smallest absolute Gasteiger partial charge is 0.216 e. The van der Waals surface area contributed by atoms with E-state index in [0.29, 0.717) is 65.1 Å². The third-order valence-corrected chi connectivity index (χ3v) is 14.1. The van der Waals surface area contributed by atoms with Gasteiger partial charge in [0.25, 0.3) is 0 Å². The molecule has 96 heavy (non-hydrogen) atoms. The van der Waals surface area contributed by atoms with Crippen molar-refractivity contribution in [1.29, 1.82) is 0 Å². The molecule has 0 aliphatic carbocycles. The number of aryl methyl sites for hydroxylation is 4. The number of rotatable bonds is 12. The lowest BCUT2D eigenvalue weighted by molar-refractivity contribution is 0.390. The Bertz CT molecular complexity index is 3310. The molecule has 0 saturated carbocycles. The van der Waals surface area contributed by atoms with Crippen LogP contribution < -0.4 is 9.47 Å². The molecule has 10 heterocycles. The van der Waals surface area contributed by atoms with Gasteiger partial charge in [0.15, 0.2) is 0 Å². The largest absolute Gasteiger partial charge is 0.481 e. The molecule has 0 fully saturated rings. The predicted octanol–water partition coefficient (Wildman–Crippen LogP) is 20.4. The Morgan fingerprint density at radius 1 is 0.365 bits per heavy atom. The highest BCUT2D eigenvalue weighted by Crippen LogP contribution is 2.23. The van der Waals surface area contributed by atoms with Crippen LogP contribution in [0.5, 0.6) is 11.8 Å². The van der Waals surface area contributed by atoms with E-state index in [1.807, 2.05) is 142 Å². The lowest BCUT2D eigenvalue weighted by Gasteiger charge is -2.08. The van der Waals surface area contributed by atoms with Crippen LogP contribution in [0.25, 0.3) is 0 Å². The normalized spacial score (nSPS) is 10.3. The zero-order valence-electron chi connectivity index (χ0n) is 63.1. The van der Waals surface area contributed by atoms with E-state index in [2.05, 4.69) is 235 Å². The second kappa shape index (κ2) is 48.7. The number of H-pyrrole nitrogens is 1. The molecule has 0 aliphatic rings. The van der Waals surface area contributed by atoms with Crippen molar-refractivity contribution >= 4 is 0 Å². The van der Waals surface area contributed by atoms with Crippen LogP contribution in [-0.4, -0.2) is 84.0 Å². The fraction of sp³-hybridized carbons (Fsp3) is 0.450. The molecule has 1 N–H and O–H groups in total. The maximum atomic E-state index is 5.10. The highest BCUT2D eigenvalue weighted by molar-refractivity contribution is 5.28. The molecule has 0 atom stereocenters. The number of ether oxygens (including phenoxy) is 2. The SMILES string of the molecule is CC(C)c1cccnc1.CC(C)c1ccn(C)n1.CC(C)c1ccn[nH]1.CC(C)c1ccncc1.CC(C)c1ncccn1.COc1cccc(C(C)C)n1.COc1ncccc1C(C)C.Cc1ccc(C(C)C)cn1.Cc1cnc(C(C)C)cn1.Cc1cnccc1C(C)C. The van der Waals surface area contributed by atoms with Crippen molar-refractivity contribution in [3.63, 3.8) is 0 Å². The van der Waals surface area contributed by atoms with Gasteiger partial charge in [0.05, 0.1) is 31.3 Å². The third-order valence-electron chi connectivity index (χ3n) is 14.1. The van der Waals surface area contributed by atoms with Crippen molar-refractivity contribution in [2.45, 2.75) is 218 Å². The summed E-state index contributed by atoms with van der Waals surface area (Å²) in [6, 6.07) is 30.1. The maximum Gasteiger partial charge on any atom is 0.216 e. The van der Waals surface area contributed by atoms with Crippen molar-refractivity contribution in [3.8, 4) is 11.8 Å². The van der Waals surface area contributed by atoms with Gasteiger partial charge in [-0.3, -0.25) is 39.7 Å². The van der Waals surface area contributed by atoms with E-state index < -0.39 is 0 Å². The van der Waals surface area contributed by atoms with Crippen LogP contribution >= 0.6 is 0 Å². The average Bonchev–Trinajstić information content (AvgIpc) is 1.54. The summed E-state index contributed by atoms with van der Waals surface area (Å²) in [4.78, 5) is 41.0. The molecule has 0 spiro atoms. The first-order chi connectivity index (χ1) is 45.5. The molecule has 0 aromatic carbocycles. The molecule has 0 radical (unpaired) electrons. The van der Waals surface area contributed by atoms with Gasteiger partial charge in [-0.05, 0) is 163 Å². The monoisotopic (exact) mass is 1310 g/mol. The number of aromatic nitrogens is 14. The summed E-state index contributed by atoms with van der Waals surface area (Å²) in [6.07, 6.45) is 25.7. The van der Waals surface area contributed by atoms with E-state index in [1.165, 1.54) is 33.5 Å². The van der Waals surface area contributed by atoms with Crippen LogP contribution in [0.4, 0.5) is 0 Å². The maximum absolute atomic E-state index is 5.10. The van der Waals surface area contributed by atoms with Gasteiger partial charge in [0, 0.05) is 128 Å². The summed E-state index contributed by atoms with van der Waals surface area (Å²) in [5.41, 5.74) is 14.4. The van der Waals surface area contributed by atoms with Gasteiger partial charge in [0.1, 0.15) is 5.82 Å². The molecule has 0 bridgehead atoms. The van der Waals surface area contributed by atoms with E-state index in [9.17, 15) is 0 Å². The lowest BCUT2D eigenvalue weighted by atomic mass is 10.0. The molecule has 0 aliphatic heterocycles. The molecule has 10 aromatic rings. The van der Waals surface area contributed by atoms with Crippen molar-refractivity contribution in [1.82, 2.24) is 69.8 Å². The van der Waals surface area contributed by atoms with Gasteiger partial charge >= 0.3 is 0 Å². The van der Waals surface area contributed by atoms with Crippen LogP contribution in [0, 0.1) is 20.8 Å². The van der Waals surface area contributed by atoms with Gasteiger partial charge in [-0.15, -0.1) is 0 Å². The number of hydrogen-bond donors (Lipinski definition) is 1. The molecule has 0 unspecified atom stereocenters. The fourth-order valence-corrected chi connectivity index (χ4v) is 7.94. The van der Waals surface area contributed by atoms with E-state index in [1.54, 1.807) is 51.4 Å². The van der Waals surface area contributed by atoms with E-state index in [-0.39, 0.29) is 0 Å². The highest BCUT2D eigenvalue weighted by atomic mass is 16.5. The Kier molecular flexibility index (Phi) is 43.2. The molecular weight excluding hydrogens is 1190 g/mol. The van der Waals surface area contributed by atoms with Crippen LogP contribution in [0.2, 0.25) is 0 Å². The summed E-state index contributed by atoms with van der Waals surface area (Å²) >= 11 is 0. The zero-order valence-corrected chi connectivity index (χ0v) is 63.1. The van der Waals surface area contributed by atoms with Crippen LogP contribution in [0.1, 0.15) is 271 Å². The Morgan fingerprint density at radius 3 is 1.31 bits per heavy atom. The summed E-state index contributed by atoms with van der Waals surface area (Å²) in [7, 11) is 5.21. The van der Waals surface area contributed by atoms with E-state index in [4.69, 9.17) is 9.47 Å². The Labute approximate surface area is 579 Å². The van der Waals surface area contributed by atoms with Crippen molar-refractivity contribution < 1.29 is 9.47 Å². The van der Waals surface area contributed by atoms with E-state index >= 15 is 0 Å². The first-order valence-electron chi connectivity index (χ1n) is 33.7. The first-order valence-corrected chi connectivity index (χ1v) is 33.7. The van der Waals surface area contributed by atoms with Crippen LogP contribution in [0.15, 0.2) is 178 Å². The second-order valence-electron chi connectivity index (χ2n) is 25.9. The number of hydrogen-bond acceptors (Lipinski definition) is 14. The summed E-state index contributed by atoms with van der Waals surface area (Å²) in [5, 5.41) is 10.9. The van der Waals surface area contributed by atoms with Gasteiger partial charge in [0.2, 0.25) is 11.8 Å². The molecule has 0 amide bonds. The van der Waals surface area contributed by atoms with Gasteiger partial charge in [-0.25, -0.2) is 19.9 Å². The average molecular weight is 1310 g/mol. The number of methoxy groups -OCH3 is 2. The molecule has 10 aromatic heterocycles. The molecule has 10 rings (SSSR count). The Morgan fingerprint density at radius 2 is 0.938 bits per heavy atom. The van der Waals surface area contributed by atoms with Crippen molar-refractivity contribution in [2.24, 2.45) is 7.05 Å². The molecule has 520 valence electrons. The number of pyridine rings is 6. The Hall–Kier alpha value is -8.92. The minimum absolute atomic E-state index is 0.436. The van der Waals surface area contributed by atoms with E-state index in [0.717, 1.165) is 45.7 Å². The first kappa shape index (κ1) is 85.1. The van der Waals surface area contributed by atoms with Gasteiger partial charge < -0.3 is 9.47 Å². The number of aromatic amines is 1. The fourth-order valence-electron chi connectivity index (χ4n) is 7.94. The zero-order chi connectivity index (χ0) is 72.1. The molecule has 0 saturated heterocycles. The topological polar surface area (TPSA) is 194 Å². The minimum Gasteiger partial charge on any atom is -0.481 e.